The Bertz CT molecular complexity index is 894. The lowest BCUT2D eigenvalue weighted by Crippen LogP contribution is -2.24. The first kappa shape index (κ1) is 17.2. The summed E-state index contributed by atoms with van der Waals surface area (Å²) < 4.78 is 1.35. The van der Waals surface area contributed by atoms with Crippen LogP contribution in [-0.2, 0) is 19.5 Å². The molecule has 7 heteroatoms. The van der Waals surface area contributed by atoms with Crippen LogP contribution in [0.25, 0.3) is 5.78 Å². The summed E-state index contributed by atoms with van der Waals surface area (Å²) in [5.41, 5.74) is 2.98. The zero-order valence-corrected chi connectivity index (χ0v) is 14.8. The highest BCUT2D eigenvalue weighted by molar-refractivity contribution is 5.38. The molecule has 132 valence electrons. The van der Waals surface area contributed by atoms with E-state index in [2.05, 4.69) is 70.7 Å². The number of rotatable bonds is 7. The van der Waals surface area contributed by atoms with Crippen LogP contribution in [0.4, 0.5) is 5.95 Å². The number of aryl methyl sites for hydroxylation is 1. The minimum atomic E-state index is -0.168. The summed E-state index contributed by atoms with van der Waals surface area (Å²) in [6, 6.07) is 10.3. The molecule has 1 aromatic carbocycles. The molecule has 3 rings (SSSR count). The van der Waals surface area contributed by atoms with Crippen LogP contribution in [0.3, 0.4) is 0 Å². The predicted molar refractivity (Wildman–Crippen MR) is 98.7 cm³/mol. The Hall–Kier alpha value is -2.67. The smallest absolute Gasteiger partial charge is 0.274 e. The lowest BCUT2D eigenvalue weighted by atomic mass is 10.1. The summed E-state index contributed by atoms with van der Waals surface area (Å²) in [6.45, 7) is 7.41. The summed E-state index contributed by atoms with van der Waals surface area (Å²) in [6.07, 6.45) is 1.03. The van der Waals surface area contributed by atoms with Gasteiger partial charge in [0.1, 0.15) is 0 Å². The van der Waals surface area contributed by atoms with Crippen LogP contribution in [0.1, 0.15) is 37.6 Å². The number of hydrogen-bond acceptors (Lipinski definition) is 5. The van der Waals surface area contributed by atoms with Gasteiger partial charge in [-0.15, -0.1) is 0 Å². The van der Waals surface area contributed by atoms with Gasteiger partial charge < -0.3 is 10.6 Å². The Morgan fingerprint density at radius 1 is 1.12 bits per heavy atom. The molecule has 0 amide bonds. The van der Waals surface area contributed by atoms with Gasteiger partial charge in [0.2, 0.25) is 5.95 Å². The Morgan fingerprint density at radius 2 is 1.84 bits per heavy atom. The SMILES string of the molecule is CCc1ccc(CNc2nc3nc(CNC(C)C)cc(=O)n3[nH]2)cc1. The van der Waals surface area contributed by atoms with E-state index in [4.69, 9.17) is 0 Å². The number of anilines is 1. The van der Waals surface area contributed by atoms with Crippen LogP contribution in [0.15, 0.2) is 35.1 Å². The molecule has 0 spiro atoms. The Kier molecular flexibility index (Phi) is 5.14. The van der Waals surface area contributed by atoms with E-state index in [1.165, 1.54) is 16.1 Å². The normalized spacial score (nSPS) is 11.4. The molecule has 3 aromatic rings. The van der Waals surface area contributed by atoms with E-state index in [9.17, 15) is 4.79 Å². The average Bonchev–Trinajstić information content (AvgIpc) is 3.02. The van der Waals surface area contributed by atoms with Gasteiger partial charge >= 0.3 is 0 Å². The third-order valence-corrected chi connectivity index (χ3v) is 3.97. The first-order valence-corrected chi connectivity index (χ1v) is 8.59. The summed E-state index contributed by atoms with van der Waals surface area (Å²) in [7, 11) is 0. The zero-order valence-electron chi connectivity index (χ0n) is 14.8. The molecule has 2 heterocycles. The summed E-state index contributed by atoms with van der Waals surface area (Å²) in [5.74, 6) is 0.898. The Morgan fingerprint density at radius 3 is 2.52 bits per heavy atom. The number of fused-ring (bicyclic) bond motifs is 1. The van der Waals surface area contributed by atoms with Crippen molar-refractivity contribution in [3.05, 3.63) is 57.5 Å². The van der Waals surface area contributed by atoms with Gasteiger partial charge in [0, 0.05) is 25.2 Å². The topological polar surface area (TPSA) is 87.1 Å². The summed E-state index contributed by atoms with van der Waals surface area (Å²) in [5, 5.41) is 9.40. The molecule has 3 N–H and O–H groups in total. The molecule has 0 unspecified atom stereocenters. The highest BCUT2D eigenvalue weighted by Gasteiger charge is 2.08. The third-order valence-electron chi connectivity index (χ3n) is 3.97. The fourth-order valence-corrected chi connectivity index (χ4v) is 2.48. The van der Waals surface area contributed by atoms with Crippen molar-refractivity contribution in [2.45, 2.75) is 46.3 Å². The molecular weight excluding hydrogens is 316 g/mol. The second-order valence-electron chi connectivity index (χ2n) is 6.35. The van der Waals surface area contributed by atoms with Crippen LogP contribution >= 0.6 is 0 Å². The predicted octanol–water partition coefficient (Wildman–Crippen LogP) is 2.09. The van der Waals surface area contributed by atoms with Gasteiger partial charge in [0.25, 0.3) is 11.3 Å². The van der Waals surface area contributed by atoms with Crippen LogP contribution in [0, 0.1) is 0 Å². The standard InChI is InChI=1S/C18H24N6O/c1-4-13-5-7-14(8-6-13)10-20-17-22-18-21-15(11-19-12(2)3)9-16(25)24(18)23-17/h5-9,12,19H,4,10-11H2,1-3H3,(H2,20,21,22,23). The first-order chi connectivity index (χ1) is 12.0. The van der Waals surface area contributed by atoms with Crippen LogP contribution in [-0.4, -0.2) is 25.6 Å². The average molecular weight is 340 g/mol. The molecule has 0 saturated heterocycles. The van der Waals surface area contributed by atoms with Gasteiger partial charge in [-0.2, -0.15) is 9.50 Å². The molecular formula is C18H24N6O. The minimum absolute atomic E-state index is 0.168. The van der Waals surface area contributed by atoms with Crippen molar-refractivity contribution in [1.82, 2.24) is 24.9 Å². The van der Waals surface area contributed by atoms with Crippen LogP contribution in [0.5, 0.6) is 0 Å². The fourth-order valence-electron chi connectivity index (χ4n) is 2.48. The lowest BCUT2D eigenvalue weighted by molar-refractivity contribution is 0.580. The van der Waals surface area contributed by atoms with Crippen molar-refractivity contribution >= 4 is 11.7 Å². The molecule has 0 aliphatic carbocycles. The van der Waals surface area contributed by atoms with Gasteiger partial charge in [0.15, 0.2) is 0 Å². The van der Waals surface area contributed by atoms with Gasteiger partial charge in [-0.1, -0.05) is 45.0 Å². The van der Waals surface area contributed by atoms with Crippen molar-refractivity contribution in [3.8, 4) is 0 Å². The molecule has 25 heavy (non-hydrogen) atoms. The van der Waals surface area contributed by atoms with E-state index in [1.807, 2.05) is 0 Å². The summed E-state index contributed by atoms with van der Waals surface area (Å²) in [4.78, 5) is 21.0. The molecule has 0 fully saturated rings. The van der Waals surface area contributed by atoms with E-state index in [0.717, 1.165) is 12.0 Å². The molecule has 0 saturated carbocycles. The van der Waals surface area contributed by atoms with E-state index >= 15 is 0 Å². The van der Waals surface area contributed by atoms with Gasteiger partial charge in [-0.05, 0) is 17.5 Å². The van der Waals surface area contributed by atoms with Crippen molar-refractivity contribution in [1.29, 1.82) is 0 Å². The molecule has 2 aromatic heterocycles. The van der Waals surface area contributed by atoms with E-state index in [-0.39, 0.29) is 5.56 Å². The second kappa shape index (κ2) is 7.48. The number of H-pyrrole nitrogens is 1. The van der Waals surface area contributed by atoms with Gasteiger partial charge in [-0.25, -0.2) is 4.98 Å². The zero-order chi connectivity index (χ0) is 17.8. The van der Waals surface area contributed by atoms with E-state index < -0.39 is 0 Å². The van der Waals surface area contributed by atoms with Gasteiger partial charge in [-0.3, -0.25) is 9.89 Å². The molecule has 0 radical (unpaired) electrons. The number of benzene rings is 1. The molecule has 0 aliphatic rings. The highest BCUT2D eigenvalue weighted by Crippen LogP contribution is 2.08. The quantitative estimate of drug-likeness (QED) is 0.613. The number of nitrogens with zero attached hydrogens (tertiary/aromatic N) is 3. The summed E-state index contributed by atoms with van der Waals surface area (Å²) >= 11 is 0. The first-order valence-electron chi connectivity index (χ1n) is 8.59. The van der Waals surface area contributed by atoms with Crippen molar-refractivity contribution in [2.75, 3.05) is 5.32 Å². The maximum absolute atomic E-state index is 12.2. The maximum atomic E-state index is 12.2. The van der Waals surface area contributed by atoms with Crippen molar-refractivity contribution < 1.29 is 0 Å². The molecule has 0 atom stereocenters. The molecule has 0 bridgehead atoms. The Balaban J connectivity index is 1.73. The van der Waals surface area contributed by atoms with E-state index in [1.54, 1.807) is 0 Å². The third kappa shape index (κ3) is 4.24. The lowest BCUT2D eigenvalue weighted by Gasteiger charge is -2.06. The second-order valence-corrected chi connectivity index (χ2v) is 6.35. The van der Waals surface area contributed by atoms with Crippen molar-refractivity contribution in [3.63, 3.8) is 0 Å². The Labute approximate surface area is 146 Å². The van der Waals surface area contributed by atoms with Crippen molar-refractivity contribution in [2.24, 2.45) is 0 Å². The monoisotopic (exact) mass is 340 g/mol. The van der Waals surface area contributed by atoms with Crippen LogP contribution < -0.4 is 16.2 Å². The number of hydrogen-bond donors (Lipinski definition) is 3. The molecule has 0 aliphatic heterocycles. The molecule has 7 nitrogen and oxygen atoms in total. The number of aromatic amines is 1. The highest BCUT2D eigenvalue weighted by atomic mass is 16.1. The van der Waals surface area contributed by atoms with Crippen LogP contribution in [0.2, 0.25) is 0 Å². The number of nitrogens with one attached hydrogen (secondary N) is 3. The number of aromatic nitrogens is 4. The minimum Gasteiger partial charge on any atom is -0.351 e. The maximum Gasteiger partial charge on any atom is 0.274 e. The van der Waals surface area contributed by atoms with Gasteiger partial charge in [0.05, 0.1) is 5.69 Å². The largest absolute Gasteiger partial charge is 0.351 e. The fraction of sp³-hybridized carbons (Fsp3) is 0.389. The van der Waals surface area contributed by atoms with E-state index in [0.29, 0.717) is 36.6 Å².